The maximum atomic E-state index is 2.57. The van der Waals surface area contributed by atoms with Crippen molar-refractivity contribution in [3.8, 4) is 44.5 Å². The SMILES string of the molecule is c1ccc(-c2ccccc2-c2c3cc4c(cc3c(-c3ccccc3-c3ccccc3)c3c5cccc6cccc(c23)c65)c2cc3cccc5ccc6ccc4c2c6c53)cc1. The fourth-order valence-corrected chi connectivity index (χ4v) is 11.3. The van der Waals surface area contributed by atoms with E-state index in [0.29, 0.717) is 0 Å². The van der Waals surface area contributed by atoms with Crippen LogP contribution in [0.4, 0.5) is 0 Å². The second-order valence-corrected chi connectivity index (χ2v) is 16.6. The maximum Gasteiger partial charge on any atom is -0.000719 e. The van der Waals surface area contributed by atoms with Gasteiger partial charge in [0.25, 0.3) is 0 Å². The van der Waals surface area contributed by atoms with E-state index < -0.39 is 0 Å². The van der Waals surface area contributed by atoms with Crippen molar-refractivity contribution in [3.05, 3.63) is 206 Å². The maximum absolute atomic E-state index is 2.57. The molecule has 0 heterocycles. The first-order valence-corrected chi connectivity index (χ1v) is 21.0. The predicted octanol–water partition coefficient (Wildman–Crippen LogP) is 17.0. The van der Waals surface area contributed by atoms with Crippen molar-refractivity contribution >= 4 is 97.0 Å². The minimum atomic E-state index is 1.22. The molecule has 0 amide bonds. The van der Waals surface area contributed by atoms with Crippen molar-refractivity contribution in [2.45, 2.75) is 0 Å². The summed E-state index contributed by atoms with van der Waals surface area (Å²) in [4.78, 5) is 0. The molecule has 14 rings (SSSR count). The summed E-state index contributed by atoms with van der Waals surface area (Å²) >= 11 is 0. The van der Waals surface area contributed by atoms with Crippen LogP contribution in [0, 0.1) is 0 Å². The molecule has 0 N–H and O–H groups in total. The number of benzene rings is 12. The highest BCUT2D eigenvalue weighted by molar-refractivity contribution is 6.44. The Balaban J connectivity index is 1.28. The van der Waals surface area contributed by atoms with Crippen molar-refractivity contribution in [1.29, 1.82) is 0 Å². The second-order valence-electron chi connectivity index (χ2n) is 16.6. The van der Waals surface area contributed by atoms with E-state index in [1.54, 1.807) is 0 Å². The van der Waals surface area contributed by atoms with Crippen LogP contribution in [0.5, 0.6) is 0 Å². The van der Waals surface area contributed by atoms with Gasteiger partial charge in [-0.25, -0.2) is 0 Å². The average Bonchev–Trinajstić information content (AvgIpc) is 3.81. The summed E-state index contributed by atoms with van der Waals surface area (Å²) in [6, 6.07) is 77.6. The molecule has 0 spiro atoms. The van der Waals surface area contributed by atoms with E-state index in [4.69, 9.17) is 0 Å². The van der Waals surface area contributed by atoms with Crippen LogP contribution in [0.3, 0.4) is 0 Å². The van der Waals surface area contributed by atoms with Gasteiger partial charge >= 0.3 is 0 Å². The average molecular weight is 755 g/mol. The smallest absolute Gasteiger partial charge is 0.000719 e. The van der Waals surface area contributed by atoms with E-state index in [1.165, 1.54) is 141 Å². The fraction of sp³-hybridized carbons (Fsp3) is 0. The summed E-state index contributed by atoms with van der Waals surface area (Å²) in [7, 11) is 0. The third-order valence-electron chi connectivity index (χ3n) is 13.7. The minimum absolute atomic E-state index is 1.22. The number of hydrogen-bond acceptors (Lipinski definition) is 0. The molecule has 0 aromatic heterocycles. The van der Waals surface area contributed by atoms with Gasteiger partial charge in [0, 0.05) is 0 Å². The van der Waals surface area contributed by atoms with Crippen LogP contribution < -0.4 is 0 Å². The second kappa shape index (κ2) is 11.9. The van der Waals surface area contributed by atoms with Crippen molar-refractivity contribution in [2.24, 2.45) is 0 Å². The highest BCUT2D eigenvalue weighted by Crippen LogP contribution is 2.55. The monoisotopic (exact) mass is 754 g/mol. The Morgan fingerprint density at radius 2 is 0.633 bits per heavy atom. The number of fused-ring (bicyclic) bond motifs is 7. The Morgan fingerprint density at radius 1 is 0.183 bits per heavy atom. The lowest BCUT2D eigenvalue weighted by atomic mass is 9.82. The van der Waals surface area contributed by atoms with Gasteiger partial charge in [-0.05, 0) is 160 Å². The van der Waals surface area contributed by atoms with Gasteiger partial charge in [-0.1, -0.05) is 188 Å². The lowest BCUT2D eigenvalue weighted by Gasteiger charge is -2.21. The molecule has 14 aromatic rings. The van der Waals surface area contributed by atoms with E-state index in [1.807, 2.05) is 0 Å². The zero-order valence-electron chi connectivity index (χ0n) is 32.6. The summed E-state index contributed by atoms with van der Waals surface area (Å²) in [6.45, 7) is 0. The molecule has 0 fully saturated rings. The highest BCUT2D eigenvalue weighted by Gasteiger charge is 2.27. The van der Waals surface area contributed by atoms with E-state index in [9.17, 15) is 0 Å². The molecule has 0 bridgehead atoms. The van der Waals surface area contributed by atoms with E-state index in [2.05, 4.69) is 206 Å². The van der Waals surface area contributed by atoms with Crippen LogP contribution in [0.1, 0.15) is 0 Å². The zero-order chi connectivity index (χ0) is 39.1. The van der Waals surface area contributed by atoms with E-state index in [-0.39, 0.29) is 0 Å². The zero-order valence-corrected chi connectivity index (χ0v) is 32.6. The molecular weight excluding hydrogens is 721 g/mol. The molecule has 0 heteroatoms. The molecule has 274 valence electrons. The summed E-state index contributed by atoms with van der Waals surface area (Å²) in [5.41, 5.74) is 10.0. The highest BCUT2D eigenvalue weighted by atomic mass is 14.3. The van der Waals surface area contributed by atoms with Crippen molar-refractivity contribution in [2.75, 3.05) is 0 Å². The first kappa shape index (κ1) is 32.2. The Morgan fingerprint density at radius 3 is 1.22 bits per heavy atom. The molecule has 0 aliphatic carbocycles. The predicted molar refractivity (Wildman–Crippen MR) is 259 cm³/mol. The van der Waals surface area contributed by atoms with Gasteiger partial charge in [0.15, 0.2) is 0 Å². The largest absolute Gasteiger partial charge is 0.0622 e. The van der Waals surface area contributed by atoms with Crippen LogP contribution in [-0.4, -0.2) is 0 Å². The van der Waals surface area contributed by atoms with Gasteiger partial charge in [-0.15, -0.1) is 0 Å². The lowest BCUT2D eigenvalue weighted by molar-refractivity contribution is 1.61. The Kier molecular flexibility index (Phi) is 6.38. The topological polar surface area (TPSA) is 0 Å². The molecule has 0 unspecified atom stereocenters. The van der Waals surface area contributed by atoms with Crippen LogP contribution in [0.25, 0.3) is 141 Å². The van der Waals surface area contributed by atoms with Gasteiger partial charge < -0.3 is 0 Å². The first-order chi connectivity index (χ1) is 29.8. The molecule has 60 heavy (non-hydrogen) atoms. The van der Waals surface area contributed by atoms with Gasteiger partial charge in [0.1, 0.15) is 0 Å². The minimum Gasteiger partial charge on any atom is -0.0622 e. The van der Waals surface area contributed by atoms with Gasteiger partial charge in [-0.3, -0.25) is 0 Å². The normalized spacial score (nSPS) is 12.3. The lowest BCUT2D eigenvalue weighted by Crippen LogP contribution is -1.93. The van der Waals surface area contributed by atoms with Gasteiger partial charge in [0.2, 0.25) is 0 Å². The fourth-order valence-electron chi connectivity index (χ4n) is 11.3. The molecule has 0 saturated carbocycles. The first-order valence-electron chi connectivity index (χ1n) is 21.0. The molecule has 0 aliphatic rings. The summed E-state index contributed by atoms with van der Waals surface area (Å²) in [5.74, 6) is 0. The van der Waals surface area contributed by atoms with Crippen molar-refractivity contribution in [1.82, 2.24) is 0 Å². The third kappa shape index (κ3) is 4.19. The Bertz CT molecular complexity index is 4020. The van der Waals surface area contributed by atoms with Crippen LogP contribution in [0.15, 0.2) is 206 Å². The number of rotatable bonds is 4. The molecular formula is C60H34. The van der Waals surface area contributed by atoms with Gasteiger partial charge in [-0.2, -0.15) is 0 Å². The van der Waals surface area contributed by atoms with Crippen molar-refractivity contribution in [3.63, 3.8) is 0 Å². The van der Waals surface area contributed by atoms with Crippen LogP contribution in [-0.2, 0) is 0 Å². The Labute approximate surface area is 346 Å². The molecule has 0 saturated heterocycles. The molecule has 0 nitrogen and oxygen atoms in total. The van der Waals surface area contributed by atoms with Crippen LogP contribution >= 0.6 is 0 Å². The molecule has 0 atom stereocenters. The quantitative estimate of drug-likeness (QED) is 0.157. The van der Waals surface area contributed by atoms with E-state index in [0.717, 1.165) is 0 Å². The third-order valence-corrected chi connectivity index (χ3v) is 13.7. The summed E-state index contributed by atoms with van der Waals surface area (Å²) in [5, 5.41) is 23.7. The summed E-state index contributed by atoms with van der Waals surface area (Å²) in [6.07, 6.45) is 0. The van der Waals surface area contributed by atoms with Crippen LogP contribution in [0.2, 0.25) is 0 Å². The summed E-state index contributed by atoms with van der Waals surface area (Å²) < 4.78 is 0. The molecule has 0 radical (unpaired) electrons. The molecule has 14 aromatic carbocycles. The number of hydrogen-bond donors (Lipinski definition) is 0. The Hall–Kier alpha value is -7.80. The standard InChI is InChI=1S/C60H34/c1-3-14-35(15-4-1)41-22-7-9-24-43(41)57-51-33-48-45-31-30-39-29-28-38-18-11-21-40-32-50(56(45)55(39)53(38)40)49(48)34-52(51)58(44-25-10-8-23-42(44)36-16-5-2-6-17-36)60-47-27-13-20-37-19-12-26-46(54(37)47)59(57)60/h1-34H. The van der Waals surface area contributed by atoms with E-state index >= 15 is 0 Å². The van der Waals surface area contributed by atoms with Gasteiger partial charge in [0.05, 0.1) is 0 Å². The molecule has 0 aliphatic heterocycles. The van der Waals surface area contributed by atoms with Crippen molar-refractivity contribution < 1.29 is 0 Å².